The van der Waals surface area contributed by atoms with Crippen molar-refractivity contribution in [3.05, 3.63) is 29.8 Å². The van der Waals surface area contributed by atoms with E-state index in [1.807, 2.05) is 19.2 Å². The SMILES string of the molecule is COCC12CCCOC1CCN(Cc1ccc(OC)cc1)C2.O=C(O)C(F)(F)F. The number of nitrogens with zero attached hydrogens (tertiary/aromatic N) is 1. The number of halogens is 3. The number of piperidine rings is 1. The summed E-state index contributed by atoms with van der Waals surface area (Å²) in [5.41, 5.74) is 1.51. The van der Waals surface area contributed by atoms with Crippen LogP contribution in [0.1, 0.15) is 24.8 Å². The van der Waals surface area contributed by atoms with Crippen LogP contribution in [0.5, 0.6) is 5.75 Å². The van der Waals surface area contributed by atoms with Crippen molar-refractivity contribution in [2.45, 2.75) is 38.1 Å². The zero-order valence-corrected chi connectivity index (χ0v) is 16.7. The van der Waals surface area contributed by atoms with Crippen molar-refractivity contribution < 1.29 is 37.3 Å². The van der Waals surface area contributed by atoms with Gasteiger partial charge in [0, 0.05) is 38.8 Å². The van der Waals surface area contributed by atoms with Gasteiger partial charge in [0.1, 0.15) is 5.75 Å². The Kier molecular flexibility index (Phi) is 8.30. The molecule has 164 valence electrons. The summed E-state index contributed by atoms with van der Waals surface area (Å²) in [6, 6.07) is 8.39. The summed E-state index contributed by atoms with van der Waals surface area (Å²) in [5.74, 6) is -1.84. The van der Waals surface area contributed by atoms with E-state index in [0.717, 1.165) is 51.4 Å². The summed E-state index contributed by atoms with van der Waals surface area (Å²) in [5, 5.41) is 7.12. The highest BCUT2D eigenvalue weighted by Crippen LogP contribution is 2.40. The minimum Gasteiger partial charge on any atom is -0.497 e. The second-order valence-electron chi connectivity index (χ2n) is 7.41. The van der Waals surface area contributed by atoms with E-state index in [9.17, 15) is 13.2 Å². The molecular weight excluding hydrogens is 391 g/mol. The molecule has 2 atom stereocenters. The number of alkyl halides is 3. The van der Waals surface area contributed by atoms with E-state index in [-0.39, 0.29) is 5.41 Å². The van der Waals surface area contributed by atoms with Gasteiger partial charge in [0.05, 0.1) is 19.8 Å². The Morgan fingerprint density at radius 1 is 1.31 bits per heavy atom. The Morgan fingerprint density at radius 2 is 1.97 bits per heavy atom. The van der Waals surface area contributed by atoms with Gasteiger partial charge in [-0.2, -0.15) is 13.2 Å². The number of fused-ring (bicyclic) bond motifs is 1. The molecule has 1 aromatic rings. The summed E-state index contributed by atoms with van der Waals surface area (Å²) >= 11 is 0. The predicted molar refractivity (Wildman–Crippen MR) is 99.9 cm³/mol. The minimum absolute atomic E-state index is 0.178. The molecule has 0 saturated carbocycles. The van der Waals surface area contributed by atoms with Gasteiger partial charge < -0.3 is 19.3 Å². The average Bonchev–Trinajstić information content (AvgIpc) is 2.68. The van der Waals surface area contributed by atoms with Crippen molar-refractivity contribution in [1.29, 1.82) is 0 Å². The van der Waals surface area contributed by atoms with E-state index in [4.69, 9.17) is 24.1 Å². The number of benzene rings is 1. The average molecular weight is 419 g/mol. The maximum Gasteiger partial charge on any atom is 0.490 e. The van der Waals surface area contributed by atoms with Crippen LogP contribution in [-0.2, 0) is 20.8 Å². The Morgan fingerprint density at radius 3 is 2.52 bits per heavy atom. The van der Waals surface area contributed by atoms with E-state index in [2.05, 4.69) is 17.0 Å². The lowest BCUT2D eigenvalue weighted by Crippen LogP contribution is -2.56. The van der Waals surface area contributed by atoms with Crippen molar-refractivity contribution >= 4 is 5.97 Å². The number of hydrogen-bond donors (Lipinski definition) is 1. The maximum atomic E-state index is 10.6. The third-order valence-electron chi connectivity index (χ3n) is 5.31. The lowest BCUT2D eigenvalue weighted by atomic mass is 9.73. The fraction of sp³-hybridized carbons (Fsp3) is 0.650. The fourth-order valence-electron chi connectivity index (χ4n) is 4.00. The number of carboxylic acid groups (broad SMARTS) is 1. The molecule has 2 unspecified atom stereocenters. The summed E-state index contributed by atoms with van der Waals surface area (Å²) in [6.45, 7) is 4.87. The molecule has 3 rings (SSSR count). The lowest BCUT2D eigenvalue weighted by Gasteiger charge is -2.50. The van der Waals surface area contributed by atoms with E-state index < -0.39 is 12.1 Å². The second kappa shape index (κ2) is 10.3. The molecule has 2 heterocycles. The van der Waals surface area contributed by atoms with Gasteiger partial charge in [-0.1, -0.05) is 12.1 Å². The van der Waals surface area contributed by atoms with E-state index in [0.29, 0.717) is 6.10 Å². The first-order valence-corrected chi connectivity index (χ1v) is 9.46. The molecule has 9 heteroatoms. The van der Waals surface area contributed by atoms with Crippen LogP contribution in [-0.4, -0.2) is 68.8 Å². The van der Waals surface area contributed by atoms with E-state index in [1.54, 1.807) is 7.11 Å². The van der Waals surface area contributed by atoms with Crippen LogP contribution in [0.4, 0.5) is 13.2 Å². The quantitative estimate of drug-likeness (QED) is 0.790. The standard InChI is InChI=1S/C18H27NO3.C2HF3O2/c1-20-14-18-9-3-11-22-17(18)8-10-19(13-18)12-15-4-6-16(21-2)7-5-15;3-2(4,5)1(6)7/h4-7,17H,3,8-14H2,1-2H3;(H,6,7). The van der Waals surface area contributed by atoms with Gasteiger partial charge in [0.15, 0.2) is 0 Å². The maximum absolute atomic E-state index is 10.6. The van der Waals surface area contributed by atoms with Crippen LogP contribution in [0, 0.1) is 5.41 Å². The number of likely N-dealkylation sites (tertiary alicyclic amines) is 1. The zero-order chi connectivity index (χ0) is 21.5. The molecule has 2 saturated heterocycles. The molecule has 2 aliphatic heterocycles. The van der Waals surface area contributed by atoms with Crippen LogP contribution >= 0.6 is 0 Å². The van der Waals surface area contributed by atoms with Crippen molar-refractivity contribution in [3.63, 3.8) is 0 Å². The molecule has 1 N–H and O–H groups in total. The topological polar surface area (TPSA) is 68.2 Å². The molecule has 0 aliphatic carbocycles. The predicted octanol–water partition coefficient (Wildman–Crippen LogP) is 3.35. The number of carbonyl (C=O) groups is 1. The van der Waals surface area contributed by atoms with Crippen molar-refractivity contribution in [3.8, 4) is 5.75 Å². The van der Waals surface area contributed by atoms with Crippen LogP contribution in [0.25, 0.3) is 0 Å². The highest BCUT2D eigenvalue weighted by molar-refractivity contribution is 5.73. The molecule has 1 aromatic carbocycles. The zero-order valence-electron chi connectivity index (χ0n) is 16.7. The number of methoxy groups -OCH3 is 2. The fourth-order valence-corrected chi connectivity index (χ4v) is 4.00. The molecule has 6 nitrogen and oxygen atoms in total. The number of aliphatic carboxylic acids is 1. The Labute approximate surface area is 168 Å². The van der Waals surface area contributed by atoms with Crippen LogP contribution in [0.3, 0.4) is 0 Å². The van der Waals surface area contributed by atoms with Crippen LogP contribution < -0.4 is 4.74 Å². The van der Waals surface area contributed by atoms with Gasteiger partial charge in [-0.05, 0) is 37.0 Å². The number of rotatable bonds is 5. The van der Waals surface area contributed by atoms with Crippen LogP contribution in [0.15, 0.2) is 24.3 Å². The van der Waals surface area contributed by atoms with Gasteiger partial charge in [0.2, 0.25) is 0 Å². The first kappa shape index (κ1) is 23.4. The minimum atomic E-state index is -5.08. The molecule has 2 aliphatic rings. The van der Waals surface area contributed by atoms with Crippen molar-refractivity contribution in [2.24, 2.45) is 5.41 Å². The summed E-state index contributed by atoms with van der Waals surface area (Å²) in [7, 11) is 3.51. The number of hydrogen-bond acceptors (Lipinski definition) is 5. The Hall–Kier alpha value is -1.84. The highest BCUT2D eigenvalue weighted by Gasteiger charge is 2.45. The molecular formula is C20H28F3NO5. The summed E-state index contributed by atoms with van der Waals surface area (Å²) in [4.78, 5) is 11.4. The highest BCUT2D eigenvalue weighted by atomic mass is 19.4. The second-order valence-corrected chi connectivity index (χ2v) is 7.41. The Bertz CT molecular complexity index is 649. The normalized spacial score (nSPS) is 24.8. The number of ether oxygens (including phenoxy) is 3. The van der Waals surface area contributed by atoms with Gasteiger partial charge in [-0.25, -0.2) is 4.79 Å². The third kappa shape index (κ3) is 6.58. The monoisotopic (exact) mass is 419 g/mol. The summed E-state index contributed by atoms with van der Waals surface area (Å²) in [6.07, 6.45) is -1.24. The Balaban J connectivity index is 0.000000370. The van der Waals surface area contributed by atoms with Crippen molar-refractivity contribution in [1.82, 2.24) is 4.90 Å². The van der Waals surface area contributed by atoms with Gasteiger partial charge >= 0.3 is 12.1 Å². The molecule has 0 aromatic heterocycles. The largest absolute Gasteiger partial charge is 0.497 e. The van der Waals surface area contributed by atoms with Gasteiger partial charge in [-0.3, -0.25) is 4.90 Å². The number of carboxylic acids is 1. The molecule has 2 fully saturated rings. The molecule has 0 amide bonds. The first-order valence-electron chi connectivity index (χ1n) is 9.46. The molecule has 0 bridgehead atoms. The van der Waals surface area contributed by atoms with E-state index >= 15 is 0 Å². The first-order chi connectivity index (χ1) is 13.7. The van der Waals surface area contributed by atoms with Crippen molar-refractivity contribution in [2.75, 3.05) is 40.5 Å². The smallest absolute Gasteiger partial charge is 0.490 e. The van der Waals surface area contributed by atoms with E-state index in [1.165, 1.54) is 12.0 Å². The lowest BCUT2D eigenvalue weighted by molar-refractivity contribution is -0.192. The van der Waals surface area contributed by atoms with Crippen LogP contribution in [0.2, 0.25) is 0 Å². The molecule has 29 heavy (non-hydrogen) atoms. The molecule has 0 radical (unpaired) electrons. The summed E-state index contributed by atoms with van der Waals surface area (Å²) < 4.78 is 48.6. The van der Waals surface area contributed by atoms with Gasteiger partial charge in [-0.15, -0.1) is 0 Å². The third-order valence-corrected chi connectivity index (χ3v) is 5.31. The van der Waals surface area contributed by atoms with Gasteiger partial charge in [0.25, 0.3) is 0 Å². The molecule has 0 spiro atoms.